The van der Waals surface area contributed by atoms with Gasteiger partial charge in [-0.2, -0.15) is 5.26 Å². The summed E-state index contributed by atoms with van der Waals surface area (Å²) < 4.78 is 21.8. The normalized spacial score (nSPS) is 19.4. The zero-order chi connectivity index (χ0) is 20.7. The molecular formula is C21H17FN6O2. The first-order valence-corrected chi connectivity index (χ1v) is 9.58. The zero-order valence-corrected chi connectivity index (χ0v) is 15.9. The number of cyclic esters (lactones) is 1. The van der Waals surface area contributed by atoms with Crippen molar-refractivity contribution in [3.05, 3.63) is 60.4 Å². The van der Waals surface area contributed by atoms with Crippen LogP contribution < -0.4 is 4.90 Å². The van der Waals surface area contributed by atoms with E-state index in [2.05, 4.69) is 21.4 Å². The van der Waals surface area contributed by atoms with Crippen LogP contribution in [0.1, 0.15) is 18.5 Å². The molecule has 1 saturated heterocycles. The molecule has 5 rings (SSSR count). The molecule has 9 heteroatoms. The lowest BCUT2D eigenvalue weighted by molar-refractivity contribution is 0.129. The lowest BCUT2D eigenvalue weighted by atomic mass is 10.0. The van der Waals surface area contributed by atoms with E-state index in [-0.39, 0.29) is 0 Å². The summed E-state index contributed by atoms with van der Waals surface area (Å²) in [7, 11) is 0. The maximum absolute atomic E-state index is 14.9. The van der Waals surface area contributed by atoms with Gasteiger partial charge in [0.1, 0.15) is 11.9 Å². The number of nitrogens with zero attached hydrogens (tertiary/aromatic N) is 6. The Balaban J connectivity index is 1.33. The van der Waals surface area contributed by atoms with Gasteiger partial charge in [0.05, 0.1) is 42.2 Å². The minimum absolute atomic E-state index is 0.296. The Kier molecular flexibility index (Phi) is 4.20. The van der Waals surface area contributed by atoms with Crippen molar-refractivity contribution < 1.29 is 13.9 Å². The van der Waals surface area contributed by atoms with Crippen LogP contribution in [0.4, 0.5) is 14.9 Å². The van der Waals surface area contributed by atoms with Crippen LogP contribution in [-0.2, 0) is 16.7 Å². The molecule has 3 aromatic rings. The first kappa shape index (κ1) is 18.2. The molecule has 1 saturated carbocycles. The van der Waals surface area contributed by atoms with Crippen molar-refractivity contribution in [2.75, 3.05) is 11.4 Å². The number of carbonyl (C=O) groups is 1. The van der Waals surface area contributed by atoms with Crippen LogP contribution in [0.25, 0.3) is 11.1 Å². The Morgan fingerprint density at radius 3 is 2.80 bits per heavy atom. The van der Waals surface area contributed by atoms with Gasteiger partial charge in [-0.25, -0.2) is 13.9 Å². The minimum Gasteiger partial charge on any atom is -0.442 e. The van der Waals surface area contributed by atoms with Gasteiger partial charge in [0, 0.05) is 23.5 Å². The molecule has 2 aromatic heterocycles. The van der Waals surface area contributed by atoms with E-state index >= 15 is 0 Å². The number of carbonyl (C=O) groups excluding carboxylic acids is 1. The van der Waals surface area contributed by atoms with Crippen LogP contribution in [0.3, 0.4) is 0 Å². The second kappa shape index (κ2) is 6.91. The number of amides is 1. The number of pyridine rings is 1. The van der Waals surface area contributed by atoms with Crippen LogP contribution in [0.5, 0.6) is 0 Å². The quantitative estimate of drug-likeness (QED) is 0.648. The summed E-state index contributed by atoms with van der Waals surface area (Å²) in [5.41, 5.74) is 1.67. The molecule has 30 heavy (non-hydrogen) atoms. The molecule has 1 amide bonds. The number of hydrogen-bond donors (Lipinski definition) is 0. The maximum Gasteiger partial charge on any atom is 0.414 e. The van der Waals surface area contributed by atoms with Crippen LogP contribution in [0.2, 0.25) is 0 Å². The largest absolute Gasteiger partial charge is 0.442 e. The van der Waals surface area contributed by atoms with E-state index in [0.717, 1.165) is 18.5 Å². The molecule has 1 aliphatic carbocycles. The van der Waals surface area contributed by atoms with Crippen molar-refractivity contribution >= 4 is 11.8 Å². The van der Waals surface area contributed by atoms with Gasteiger partial charge in [-0.05, 0) is 37.1 Å². The molecule has 2 aliphatic rings. The van der Waals surface area contributed by atoms with Gasteiger partial charge in [0.15, 0.2) is 0 Å². The van der Waals surface area contributed by atoms with Gasteiger partial charge in [0.25, 0.3) is 0 Å². The van der Waals surface area contributed by atoms with Crippen molar-refractivity contribution in [3.8, 4) is 17.2 Å². The SMILES string of the molecule is N#CC1(c2ccc(-c3ccc(N4C[C@H](Cn5ccnn5)OC4=O)cc3F)cn2)CC1. The van der Waals surface area contributed by atoms with E-state index in [1.807, 2.05) is 0 Å². The topological polar surface area (TPSA) is 96.9 Å². The van der Waals surface area contributed by atoms with E-state index in [9.17, 15) is 14.4 Å². The van der Waals surface area contributed by atoms with Gasteiger partial charge < -0.3 is 4.74 Å². The average Bonchev–Trinajstić information content (AvgIpc) is 3.23. The van der Waals surface area contributed by atoms with E-state index in [1.165, 1.54) is 11.0 Å². The van der Waals surface area contributed by atoms with Crippen molar-refractivity contribution in [1.29, 1.82) is 5.26 Å². The first-order chi connectivity index (χ1) is 14.6. The van der Waals surface area contributed by atoms with Crippen molar-refractivity contribution in [2.45, 2.75) is 30.9 Å². The molecule has 0 unspecified atom stereocenters. The van der Waals surface area contributed by atoms with Crippen LogP contribution in [0.15, 0.2) is 48.9 Å². The molecule has 0 radical (unpaired) electrons. The smallest absolute Gasteiger partial charge is 0.414 e. The fourth-order valence-corrected chi connectivity index (χ4v) is 3.66. The molecular weight excluding hydrogens is 387 g/mol. The Labute approximate surface area is 171 Å². The number of hydrogen-bond acceptors (Lipinski definition) is 6. The third-order valence-electron chi connectivity index (χ3n) is 5.53. The Bertz CT molecular complexity index is 1140. The minimum atomic E-state index is -0.524. The third kappa shape index (κ3) is 3.16. The number of rotatable bonds is 5. The van der Waals surface area contributed by atoms with Crippen LogP contribution >= 0.6 is 0 Å². The summed E-state index contributed by atoms with van der Waals surface area (Å²) in [5.74, 6) is -0.462. The highest BCUT2D eigenvalue weighted by atomic mass is 19.1. The van der Waals surface area contributed by atoms with E-state index in [1.54, 1.807) is 47.5 Å². The fraction of sp³-hybridized carbons (Fsp3) is 0.286. The number of ether oxygens (including phenoxy) is 1. The second-order valence-electron chi connectivity index (χ2n) is 7.53. The summed E-state index contributed by atoms with van der Waals surface area (Å²) in [4.78, 5) is 18.0. The predicted octanol–water partition coefficient (Wildman–Crippen LogP) is 3.06. The average molecular weight is 404 g/mol. The van der Waals surface area contributed by atoms with Gasteiger partial charge in [-0.15, -0.1) is 5.10 Å². The molecule has 150 valence electrons. The third-order valence-corrected chi connectivity index (χ3v) is 5.53. The molecule has 8 nitrogen and oxygen atoms in total. The fourth-order valence-electron chi connectivity index (χ4n) is 3.66. The van der Waals surface area contributed by atoms with Crippen LogP contribution in [0, 0.1) is 17.1 Å². The van der Waals surface area contributed by atoms with Gasteiger partial charge in [-0.3, -0.25) is 9.88 Å². The molecule has 1 aromatic carbocycles. The molecule has 2 fully saturated rings. The number of nitriles is 1. The second-order valence-corrected chi connectivity index (χ2v) is 7.53. The summed E-state index contributed by atoms with van der Waals surface area (Å²) >= 11 is 0. The van der Waals surface area contributed by atoms with E-state index in [4.69, 9.17) is 4.74 Å². The van der Waals surface area contributed by atoms with Gasteiger partial charge >= 0.3 is 6.09 Å². The summed E-state index contributed by atoms with van der Waals surface area (Å²) in [6.07, 6.45) is 5.52. The molecule has 1 aliphatic heterocycles. The van der Waals surface area contributed by atoms with Crippen LogP contribution in [-0.4, -0.2) is 38.7 Å². The highest BCUT2D eigenvalue weighted by Gasteiger charge is 2.46. The summed E-state index contributed by atoms with van der Waals surface area (Å²) in [6, 6.07) is 10.5. The Morgan fingerprint density at radius 1 is 1.30 bits per heavy atom. The molecule has 1 atom stereocenters. The molecule has 0 spiro atoms. The van der Waals surface area contributed by atoms with Crippen molar-refractivity contribution in [2.24, 2.45) is 0 Å². The molecule has 0 bridgehead atoms. The monoisotopic (exact) mass is 404 g/mol. The lowest BCUT2D eigenvalue weighted by Gasteiger charge is -2.14. The van der Waals surface area contributed by atoms with Gasteiger partial charge in [0.2, 0.25) is 0 Å². The lowest BCUT2D eigenvalue weighted by Crippen LogP contribution is -2.26. The first-order valence-electron chi connectivity index (χ1n) is 9.58. The van der Waals surface area contributed by atoms with Crippen molar-refractivity contribution in [1.82, 2.24) is 20.0 Å². The molecule has 3 heterocycles. The standard InChI is InChI=1S/C21H17FN6O2/c22-18-9-15(28-12-16(30-20(28)29)11-27-8-7-25-26-27)2-3-17(18)14-1-4-19(24-10-14)21(13-23)5-6-21/h1-4,7-10,16H,5-6,11-12H2/t16-/m0/s1. The van der Waals surface area contributed by atoms with E-state index < -0.39 is 23.4 Å². The summed E-state index contributed by atoms with van der Waals surface area (Å²) in [5, 5.41) is 16.9. The molecule has 0 N–H and O–H groups in total. The highest BCUT2D eigenvalue weighted by Crippen LogP contribution is 2.46. The van der Waals surface area contributed by atoms with Crippen molar-refractivity contribution in [3.63, 3.8) is 0 Å². The maximum atomic E-state index is 14.9. The number of anilines is 1. The highest BCUT2D eigenvalue weighted by molar-refractivity contribution is 5.90. The van der Waals surface area contributed by atoms with E-state index in [0.29, 0.717) is 29.9 Å². The zero-order valence-electron chi connectivity index (χ0n) is 15.9. The summed E-state index contributed by atoms with van der Waals surface area (Å²) in [6.45, 7) is 0.676. The Hall–Kier alpha value is -3.80. The number of benzene rings is 1. The Morgan fingerprint density at radius 2 is 2.17 bits per heavy atom. The van der Waals surface area contributed by atoms with Gasteiger partial charge in [-0.1, -0.05) is 11.3 Å². The number of halogens is 1. The number of aromatic nitrogens is 4. The predicted molar refractivity (Wildman–Crippen MR) is 104 cm³/mol.